The SMILES string of the molecule is Cc1c(CCC(=O)N2CCCCNC(=O)c3cc(Cl)ccc3OC[C@H](CC(C)C)NC(=O)C2)cnn1C. The van der Waals surface area contributed by atoms with Crippen LogP contribution in [0.15, 0.2) is 24.4 Å². The molecule has 2 N–H and O–H groups in total. The molecule has 0 saturated carbocycles. The molecule has 2 aromatic rings. The third-order valence-corrected chi connectivity index (χ3v) is 6.76. The van der Waals surface area contributed by atoms with Gasteiger partial charge in [-0.1, -0.05) is 25.4 Å². The predicted molar refractivity (Wildman–Crippen MR) is 143 cm³/mol. The van der Waals surface area contributed by atoms with Crippen LogP contribution < -0.4 is 15.4 Å². The lowest BCUT2D eigenvalue weighted by molar-refractivity contribution is -0.136. The van der Waals surface area contributed by atoms with Crippen LogP contribution in [-0.2, 0) is 23.1 Å². The summed E-state index contributed by atoms with van der Waals surface area (Å²) < 4.78 is 7.79. The average Bonchev–Trinajstić information content (AvgIpc) is 3.16. The minimum absolute atomic E-state index is 0.0159. The third kappa shape index (κ3) is 8.49. The second-order valence-electron chi connectivity index (χ2n) is 10.0. The van der Waals surface area contributed by atoms with Crippen molar-refractivity contribution in [2.45, 2.75) is 58.9 Å². The van der Waals surface area contributed by atoms with Gasteiger partial charge in [0.2, 0.25) is 11.8 Å². The number of hydrogen-bond donors (Lipinski definition) is 2. The molecular formula is C27H38ClN5O4. The van der Waals surface area contributed by atoms with Crippen molar-refractivity contribution >= 4 is 29.3 Å². The second kappa shape index (κ2) is 13.5. The summed E-state index contributed by atoms with van der Waals surface area (Å²) in [6.45, 7) is 7.16. The van der Waals surface area contributed by atoms with Crippen LogP contribution in [0.2, 0.25) is 5.02 Å². The summed E-state index contributed by atoms with van der Waals surface area (Å²) in [5.41, 5.74) is 2.41. The van der Waals surface area contributed by atoms with E-state index in [0.717, 1.165) is 11.3 Å². The van der Waals surface area contributed by atoms with Crippen LogP contribution in [0.4, 0.5) is 0 Å². The standard InChI is InChI=1S/C27H38ClN5O4/c1-18(2)13-22-17-37-24-9-8-21(28)14-23(24)27(36)29-11-5-6-12-33(16-25(34)31-22)26(35)10-7-20-15-30-32(4)19(20)3/h8-9,14-15,18,22H,5-7,10-13,16-17H2,1-4H3,(H,29,36)(H,31,34)/t22-/m0/s1. The van der Waals surface area contributed by atoms with E-state index in [2.05, 4.69) is 29.6 Å². The maximum atomic E-state index is 13.1. The minimum atomic E-state index is -0.279. The number of ether oxygens (including phenoxy) is 1. The largest absolute Gasteiger partial charge is 0.491 e. The monoisotopic (exact) mass is 531 g/mol. The molecule has 10 heteroatoms. The zero-order valence-electron chi connectivity index (χ0n) is 22.2. The quantitative estimate of drug-likeness (QED) is 0.616. The number of aromatic nitrogens is 2. The number of hydrogen-bond acceptors (Lipinski definition) is 5. The van der Waals surface area contributed by atoms with Crippen molar-refractivity contribution in [2.24, 2.45) is 13.0 Å². The van der Waals surface area contributed by atoms with E-state index >= 15 is 0 Å². The van der Waals surface area contributed by atoms with Crippen LogP contribution in [0, 0.1) is 12.8 Å². The van der Waals surface area contributed by atoms with E-state index in [1.807, 2.05) is 14.0 Å². The first-order valence-electron chi connectivity index (χ1n) is 12.9. The number of fused-ring (bicyclic) bond motifs is 1. The van der Waals surface area contributed by atoms with Crippen LogP contribution in [0.5, 0.6) is 5.75 Å². The Labute approximate surface area is 223 Å². The van der Waals surface area contributed by atoms with Gasteiger partial charge in [0.15, 0.2) is 0 Å². The van der Waals surface area contributed by atoms with Gasteiger partial charge in [0, 0.05) is 37.3 Å². The Bertz CT molecular complexity index is 1100. The van der Waals surface area contributed by atoms with E-state index in [1.54, 1.807) is 34.0 Å². The Morgan fingerprint density at radius 1 is 1.27 bits per heavy atom. The molecular weight excluding hydrogens is 494 g/mol. The zero-order valence-corrected chi connectivity index (χ0v) is 22.9. The molecule has 0 aliphatic carbocycles. The molecule has 0 bridgehead atoms. The van der Waals surface area contributed by atoms with Gasteiger partial charge < -0.3 is 20.3 Å². The van der Waals surface area contributed by atoms with Crippen LogP contribution >= 0.6 is 11.6 Å². The third-order valence-electron chi connectivity index (χ3n) is 6.52. The molecule has 2 heterocycles. The van der Waals surface area contributed by atoms with Crippen molar-refractivity contribution in [3.8, 4) is 5.75 Å². The van der Waals surface area contributed by atoms with Gasteiger partial charge in [-0.15, -0.1) is 0 Å². The van der Waals surface area contributed by atoms with E-state index in [-0.39, 0.29) is 36.9 Å². The van der Waals surface area contributed by atoms with Crippen molar-refractivity contribution in [3.05, 3.63) is 46.2 Å². The summed E-state index contributed by atoms with van der Waals surface area (Å²) in [5, 5.41) is 10.6. The Morgan fingerprint density at radius 3 is 2.76 bits per heavy atom. The summed E-state index contributed by atoms with van der Waals surface area (Å²) in [6, 6.07) is 4.66. The molecule has 9 nitrogen and oxygen atoms in total. The molecule has 1 aliphatic rings. The molecule has 1 atom stereocenters. The molecule has 1 aliphatic heterocycles. The van der Waals surface area contributed by atoms with E-state index in [9.17, 15) is 14.4 Å². The highest BCUT2D eigenvalue weighted by molar-refractivity contribution is 6.31. The summed E-state index contributed by atoms with van der Waals surface area (Å²) >= 11 is 6.14. The van der Waals surface area contributed by atoms with Crippen LogP contribution in [-0.4, -0.2) is 64.7 Å². The lowest BCUT2D eigenvalue weighted by Crippen LogP contribution is -2.46. The van der Waals surface area contributed by atoms with E-state index in [1.165, 1.54) is 0 Å². The average molecular weight is 532 g/mol. The fourth-order valence-electron chi connectivity index (χ4n) is 4.39. The number of carbonyl (C=O) groups is 3. The van der Waals surface area contributed by atoms with Crippen molar-refractivity contribution in [3.63, 3.8) is 0 Å². The summed E-state index contributed by atoms with van der Waals surface area (Å²) in [7, 11) is 1.87. The Morgan fingerprint density at radius 2 is 2.05 bits per heavy atom. The topological polar surface area (TPSA) is 106 Å². The maximum absolute atomic E-state index is 13.1. The van der Waals surface area contributed by atoms with Gasteiger partial charge in [-0.3, -0.25) is 19.1 Å². The first-order chi connectivity index (χ1) is 17.6. The molecule has 202 valence electrons. The van der Waals surface area contributed by atoms with Gasteiger partial charge >= 0.3 is 0 Å². The second-order valence-corrected chi connectivity index (χ2v) is 10.4. The first-order valence-corrected chi connectivity index (χ1v) is 13.3. The number of halogens is 1. The smallest absolute Gasteiger partial charge is 0.255 e. The molecule has 0 fully saturated rings. The van der Waals surface area contributed by atoms with Crippen molar-refractivity contribution in [2.75, 3.05) is 26.2 Å². The highest BCUT2D eigenvalue weighted by Gasteiger charge is 2.22. The lowest BCUT2D eigenvalue weighted by atomic mass is 10.0. The minimum Gasteiger partial charge on any atom is -0.491 e. The molecule has 0 spiro atoms. The van der Waals surface area contributed by atoms with E-state index < -0.39 is 0 Å². The zero-order chi connectivity index (χ0) is 26.9. The molecule has 0 saturated heterocycles. The van der Waals surface area contributed by atoms with Gasteiger partial charge in [0.1, 0.15) is 12.4 Å². The van der Waals surface area contributed by atoms with Crippen LogP contribution in [0.3, 0.4) is 0 Å². The molecule has 0 unspecified atom stereocenters. The van der Waals surface area contributed by atoms with Gasteiger partial charge in [-0.25, -0.2) is 0 Å². The van der Waals surface area contributed by atoms with Gasteiger partial charge in [0.25, 0.3) is 5.91 Å². The fraction of sp³-hybridized carbons (Fsp3) is 0.556. The Kier molecular flexibility index (Phi) is 10.4. The summed E-state index contributed by atoms with van der Waals surface area (Å²) in [5.74, 6) is 0.161. The normalized spacial score (nSPS) is 17.8. The maximum Gasteiger partial charge on any atom is 0.255 e. The van der Waals surface area contributed by atoms with E-state index in [0.29, 0.717) is 67.4 Å². The fourth-order valence-corrected chi connectivity index (χ4v) is 4.56. The number of aryl methyl sites for hydroxylation is 2. The van der Waals surface area contributed by atoms with Gasteiger partial charge in [0.05, 0.1) is 24.3 Å². The lowest BCUT2D eigenvalue weighted by Gasteiger charge is -2.25. The molecule has 1 aromatic carbocycles. The predicted octanol–water partition coefficient (Wildman–Crippen LogP) is 3.28. The van der Waals surface area contributed by atoms with E-state index in [4.69, 9.17) is 16.3 Å². The highest BCUT2D eigenvalue weighted by atomic mass is 35.5. The van der Waals surface area contributed by atoms with Crippen molar-refractivity contribution in [1.29, 1.82) is 0 Å². The van der Waals surface area contributed by atoms with Crippen molar-refractivity contribution < 1.29 is 19.1 Å². The summed E-state index contributed by atoms with van der Waals surface area (Å²) in [4.78, 5) is 40.6. The molecule has 1 aromatic heterocycles. The van der Waals surface area contributed by atoms with Crippen molar-refractivity contribution in [1.82, 2.24) is 25.3 Å². The van der Waals surface area contributed by atoms with Crippen LogP contribution in [0.1, 0.15) is 61.1 Å². The van der Waals surface area contributed by atoms with Gasteiger partial charge in [-0.05, 0) is 62.3 Å². The van der Waals surface area contributed by atoms with Crippen LogP contribution in [0.25, 0.3) is 0 Å². The molecule has 0 radical (unpaired) electrons. The molecule has 3 amide bonds. The number of amides is 3. The Hall–Kier alpha value is -3.07. The summed E-state index contributed by atoms with van der Waals surface area (Å²) in [6.07, 6.45) is 4.65. The number of rotatable bonds is 5. The number of carbonyl (C=O) groups excluding carboxylic acids is 3. The molecule has 3 rings (SSSR count). The molecule has 37 heavy (non-hydrogen) atoms. The first kappa shape index (κ1) is 28.5. The number of nitrogens with one attached hydrogen (secondary N) is 2. The van der Waals surface area contributed by atoms with Gasteiger partial charge in [-0.2, -0.15) is 5.10 Å². The number of nitrogens with zero attached hydrogens (tertiary/aromatic N) is 3. The Balaban J connectivity index is 1.74. The highest BCUT2D eigenvalue weighted by Crippen LogP contribution is 2.24. The number of benzene rings is 1.